The van der Waals surface area contributed by atoms with Crippen LogP contribution in [-0.2, 0) is 11.2 Å². The molecule has 0 saturated heterocycles. The normalized spacial score (nSPS) is 10.7. The van der Waals surface area contributed by atoms with Crippen LogP contribution in [0.2, 0.25) is 5.02 Å². The summed E-state index contributed by atoms with van der Waals surface area (Å²) in [6.07, 6.45) is 0.474. The number of carbonyl (C=O) groups excluding carboxylic acids is 2. The van der Waals surface area contributed by atoms with E-state index in [4.69, 9.17) is 16.3 Å². The second-order valence-corrected chi connectivity index (χ2v) is 9.10. The number of aromatic nitrogens is 3. The van der Waals surface area contributed by atoms with E-state index in [-0.39, 0.29) is 17.4 Å². The number of rotatable bonds is 9. The van der Waals surface area contributed by atoms with Gasteiger partial charge in [-0.05, 0) is 52.9 Å². The van der Waals surface area contributed by atoms with Gasteiger partial charge in [0.1, 0.15) is 11.6 Å². The van der Waals surface area contributed by atoms with E-state index >= 15 is 0 Å². The van der Waals surface area contributed by atoms with Gasteiger partial charge in [-0.15, -0.1) is 10.2 Å². The minimum atomic E-state index is -0.115. The molecule has 2 aromatic carbocycles. The van der Waals surface area contributed by atoms with Crippen LogP contribution >= 0.6 is 46.0 Å². The number of nitrogens with zero attached hydrogens (tertiary/aromatic N) is 3. The Hall–Kier alpha value is -2.11. The number of hydrogen-bond acceptors (Lipinski definition) is 6. The molecule has 162 valence electrons. The molecule has 0 atom stereocenters. The van der Waals surface area contributed by atoms with Gasteiger partial charge >= 0.3 is 0 Å². The van der Waals surface area contributed by atoms with Crippen molar-refractivity contribution in [1.29, 1.82) is 0 Å². The van der Waals surface area contributed by atoms with Gasteiger partial charge in [0.15, 0.2) is 10.9 Å². The second kappa shape index (κ2) is 11.0. The number of thioether (sulfide) groups is 1. The summed E-state index contributed by atoms with van der Waals surface area (Å²) < 4.78 is 8.15. The van der Waals surface area contributed by atoms with E-state index < -0.39 is 0 Å². The first-order chi connectivity index (χ1) is 14.9. The summed E-state index contributed by atoms with van der Waals surface area (Å²) >= 11 is 9.82. The van der Waals surface area contributed by atoms with E-state index in [2.05, 4.69) is 38.1 Å². The molecule has 0 aliphatic rings. The maximum Gasteiger partial charge on any atom is 0.216 e. The van der Waals surface area contributed by atoms with Crippen molar-refractivity contribution < 1.29 is 14.3 Å². The Kier molecular flexibility index (Phi) is 8.33. The van der Waals surface area contributed by atoms with Crippen LogP contribution in [0.5, 0.6) is 5.75 Å². The first-order valence-electron chi connectivity index (χ1n) is 9.33. The maximum atomic E-state index is 12.6. The lowest BCUT2D eigenvalue weighted by molar-refractivity contribution is -0.118. The van der Waals surface area contributed by atoms with Gasteiger partial charge in [0.25, 0.3) is 0 Å². The number of hydrogen-bond donors (Lipinski definition) is 1. The zero-order valence-corrected chi connectivity index (χ0v) is 20.6. The van der Waals surface area contributed by atoms with E-state index in [0.29, 0.717) is 40.3 Å². The van der Waals surface area contributed by atoms with Gasteiger partial charge in [0.2, 0.25) is 5.91 Å². The number of ether oxygens (including phenoxy) is 1. The highest BCUT2D eigenvalue weighted by Crippen LogP contribution is 2.30. The van der Waals surface area contributed by atoms with Crippen LogP contribution in [0.1, 0.15) is 23.1 Å². The summed E-state index contributed by atoms with van der Waals surface area (Å²) in [6.45, 7) is 1.88. The lowest BCUT2D eigenvalue weighted by Crippen LogP contribution is -2.23. The number of benzene rings is 2. The van der Waals surface area contributed by atoms with Gasteiger partial charge in [-0.1, -0.05) is 35.5 Å². The molecule has 0 spiro atoms. The highest BCUT2D eigenvalue weighted by molar-refractivity contribution is 14.1. The molecule has 0 aliphatic carbocycles. The third kappa shape index (κ3) is 6.20. The van der Waals surface area contributed by atoms with Crippen molar-refractivity contribution >= 4 is 57.6 Å². The van der Waals surface area contributed by atoms with Crippen LogP contribution in [0, 0.1) is 3.57 Å². The van der Waals surface area contributed by atoms with Crippen LogP contribution in [-0.4, -0.2) is 45.9 Å². The van der Waals surface area contributed by atoms with Gasteiger partial charge in [-0.2, -0.15) is 0 Å². The Morgan fingerprint density at radius 2 is 1.94 bits per heavy atom. The molecule has 1 amide bonds. The van der Waals surface area contributed by atoms with Crippen molar-refractivity contribution in [2.24, 2.45) is 0 Å². The van der Waals surface area contributed by atoms with Gasteiger partial charge in [0.05, 0.1) is 23.6 Å². The van der Waals surface area contributed by atoms with Crippen molar-refractivity contribution in [1.82, 2.24) is 20.1 Å². The minimum Gasteiger partial charge on any atom is -0.495 e. The van der Waals surface area contributed by atoms with Crippen molar-refractivity contribution in [2.75, 3.05) is 19.4 Å². The molecular weight excluding hydrogens is 551 g/mol. The maximum absolute atomic E-state index is 12.6. The first-order valence-corrected chi connectivity index (χ1v) is 11.8. The number of ketones is 1. The number of halogens is 2. The third-order valence-corrected chi connectivity index (χ3v) is 6.26. The van der Waals surface area contributed by atoms with Gasteiger partial charge < -0.3 is 10.1 Å². The molecule has 0 saturated carbocycles. The Balaban J connectivity index is 1.85. The highest BCUT2D eigenvalue weighted by atomic mass is 127. The summed E-state index contributed by atoms with van der Waals surface area (Å²) in [4.78, 5) is 23.8. The molecule has 0 radical (unpaired) electrons. The quantitative estimate of drug-likeness (QED) is 0.236. The molecule has 7 nitrogen and oxygen atoms in total. The molecule has 3 rings (SSSR count). The predicted octanol–water partition coefficient (Wildman–Crippen LogP) is 4.19. The molecule has 0 fully saturated rings. The molecule has 0 unspecified atom stereocenters. The fourth-order valence-corrected chi connectivity index (χ4v) is 4.29. The predicted molar refractivity (Wildman–Crippen MR) is 130 cm³/mol. The van der Waals surface area contributed by atoms with E-state index in [1.807, 2.05) is 34.9 Å². The van der Waals surface area contributed by atoms with Gasteiger partial charge in [-0.3, -0.25) is 14.2 Å². The Morgan fingerprint density at radius 3 is 2.58 bits per heavy atom. The van der Waals surface area contributed by atoms with Gasteiger partial charge in [-0.25, -0.2) is 0 Å². The second-order valence-electron chi connectivity index (χ2n) is 6.50. The summed E-state index contributed by atoms with van der Waals surface area (Å²) in [5, 5.41) is 12.3. The molecule has 0 bridgehead atoms. The monoisotopic (exact) mass is 570 g/mol. The third-order valence-electron chi connectivity index (χ3n) is 4.32. The number of nitrogens with one attached hydrogen (secondary N) is 1. The molecule has 31 heavy (non-hydrogen) atoms. The molecule has 0 aliphatic heterocycles. The SMILES string of the molecule is COc1ccc(-n2c(CCNC(C)=O)nnc2SCC(=O)c2ccc(I)cc2)cc1Cl. The number of Topliss-reactive ketones (excluding diaryl/α,β-unsaturated/α-hetero) is 1. The fourth-order valence-electron chi connectivity index (χ4n) is 2.81. The lowest BCUT2D eigenvalue weighted by Gasteiger charge is -2.12. The Bertz CT molecular complexity index is 1090. The Morgan fingerprint density at radius 1 is 1.19 bits per heavy atom. The Labute approximate surface area is 203 Å². The van der Waals surface area contributed by atoms with Crippen LogP contribution < -0.4 is 10.1 Å². The first kappa shape index (κ1) is 23.6. The minimum absolute atomic E-state index is 0.00325. The molecule has 1 heterocycles. The zero-order chi connectivity index (χ0) is 22.4. The van der Waals surface area contributed by atoms with Crippen LogP contribution in [0.4, 0.5) is 0 Å². The standard InChI is InChI=1S/C21H20ClIN4O3S/c1-13(28)24-10-9-20-25-26-21(27(20)16-7-8-19(30-2)17(22)11-16)31-12-18(29)14-3-5-15(23)6-4-14/h3-8,11H,9-10,12H2,1-2H3,(H,24,28). The summed E-state index contributed by atoms with van der Waals surface area (Å²) in [6, 6.07) is 12.8. The molecule has 3 aromatic rings. The van der Waals surface area contributed by atoms with Crippen molar-refractivity contribution in [3.8, 4) is 11.4 Å². The lowest BCUT2D eigenvalue weighted by atomic mass is 10.2. The topological polar surface area (TPSA) is 86.1 Å². The zero-order valence-electron chi connectivity index (χ0n) is 16.9. The highest BCUT2D eigenvalue weighted by Gasteiger charge is 2.17. The average Bonchev–Trinajstić information content (AvgIpc) is 3.15. The number of amides is 1. The van der Waals surface area contributed by atoms with E-state index in [9.17, 15) is 9.59 Å². The van der Waals surface area contributed by atoms with Crippen LogP contribution in [0.25, 0.3) is 5.69 Å². The smallest absolute Gasteiger partial charge is 0.216 e. The van der Waals surface area contributed by atoms with Crippen LogP contribution in [0.3, 0.4) is 0 Å². The largest absolute Gasteiger partial charge is 0.495 e. The van der Waals surface area contributed by atoms with Crippen LogP contribution in [0.15, 0.2) is 47.6 Å². The van der Waals surface area contributed by atoms with E-state index in [0.717, 1.165) is 9.26 Å². The number of methoxy groups -OCH3 is 1. The molecule has 1 N–H and O–H groups in total. The molecular formula is C21H20ClIN4O3S. The molecule has 10 heteroatoms. The van der Waals surface area contributed by atoms with Gasteiger partial charge in [0, 0.05) is 29.0 Å². The van der Waals surface area contributed by atoms with E-state index in [1.54, 1.807) is 19.2 Å². The molecule has 1 aromatic heterocycles. The summed E-state index contributed by atoms with van der Waals surface area (Å²) in [5.74, 6) is 1.31. The van der Waals surface area contributed by atoms with Crippen molar-refractivity contribution in [2.45, 2.75) is 18.5 Å². The summed E-state index contributed by atoms with van der Waals surface area (Å²) in [7, 11) is 1.55. The van der Waals surface area contributed by atoms with E-state index in [1.165, 1.54) is 18.7 Å². The number of carbonyl (C=O) groups is 2. The summed E-state index contributed by atoms with van der Waals surface area (Å²) in [5.41, 5.74) is 1.40. The fraction of sp³-hybridized carbons (Fsp3) is 0.238. The van der Waals surface area contributed by atoms with Crippen molar-refractivity contribution in [3.63, 3.8) is 0 Å². The average molecular weight is 571 g/mol. The van der Waals surface area contributed by atoms with Crippen molar-refractivity contribution in [3.05, 3.63) is 62.4 Å².